The molecule has 92 valence electrons. The first-order valence-corrected chi connectivity index (χ1v) is 7.11. The number of amides is 1. The number of thioether (sulfide) groups is 1. The van der Waals surface area contributed by atoms with Gasteiger partial charge in [0.15, 0.2) is 0 Å². The van der Waals surface area contributed by atoms with Gasteiger partial charge in [0.2, 0.25) is 5.91 Å². The maximum atomic E-state index is 12.5. The van der Waals surface area contributed by atoms with Crippen molar-refractivity contribution in [3.05, 3.63) is 0 Å². The van der Waals surface area contributed by atoms with Gasteiger partial charge < -0.3 is 10.6 Å². The lowest BCUT2D eigenvalue weighted by molar-refractivity contribution is -0.147. The lowest BCUT2D eigenvalue weighted by atomic mass is 9.67. The number of nitrogens with zero attached hydrogens (tertiary/aromatic N) is 1. The van der Waals surface area contributed by atoms with Gasteiger partial charge in [0.1, 0.15) is 0 Å². The molecule has 0 atom stereocenters. The molecule has 1 saturated carbocycles. The molecule has 1 saturated heterocycles. The molecule has 0 unspecified atom stereocenters. The number of carbonyl (C=O) groups excluding carboxylic acids is 1. The Morgan fingerprint density at radius 2 is 2.12 bits per heavy atom. The second-order valence-electron chi connectivity index (χ2n) is 5.67. The maximum absolute atomic E-state index is 12.5. The summed E-state index contributed by atoms with van der Waals surface area (Å²) in [6.07, 6.45) is 3.15. The van der Waals surface area contributed by atoms with Gasteiger partial charge in [-0.2, -0.15) is 11.8 Å². The molecule has 2 aliphatic rings. The molecule has 0 radical (unpaired) electrons. The Kier molecular flexibility index (Phi) is 3.23. The summed E-state index contributed by atoms with van der Waals surface area (Å²) in [5.74, 6) is 1.37. The molecule has 16 heavy (non-hydrogen) atoms. The summed E-state index contributed by atoms with van der Waals surface area (Å²) >= 11 is 1.96. The van der Waals surface area contributed by atoms with Crippen molar-refractivity contribution >= 4 is 17.7 Å². The molecule has 1 heterocycles. The Balaban J connectivity index is 2.04. The van der Waals surface area contributed by atoms with Gasteiger partial charge in [-0.25, -0.2) is 0 Å². The van der Waals surface area contributed by atoms with E-state index in [0.29, 0.717) is 12.5 Å². The quantitative estimate of drug-likeness (QED) is 0.797. The first kappa shape index (κ1) is 12.2. The van der Waals surface area contributed by atoms with E-state index in [-0.39, 0.29) is 10.2 Å². The molecule has 1 aliphatic carbocycles. The molecule has 0 bridgehead atoms. The Labute approximate surface area is 102 Å². The summed E-state index contributed by atoms with van der Waals surface area (Å²) < 4.78 is 0.202. The van der Waals surface area contributed by atoms with Gasteiger partial charge in [-0.05, 0) is 26.7 Å². The highest BCUT2D eigenvalue weighted by Crippen LogP contribution is 2.42. The summed E-state index contributed by atoms with van der Waals surface area (Å²) in [5.41, 5.74) is 5.59. The van der Waals surface area contributed by atoms with Gasteiger partial charge in [-0.15, -0.1) is 0 Å². The second kappa shape index (κ2) is 4.22. The molecular weight excluding hydrogens is 220 g/mol. The molecule has 0 aromatic carbocycles. The van der Waals surface area contributed by atoms with Crippen LogP contribution in [0.1, 0.15) is 33.1 Å². The van der Waals surface area contributed by atoms with Crippen molar-refractivity contribution < 1.29 is 4.79 Å². The fraction of sp³-hybridized carbons (Fsp3) is 0.917. The van der Waals surface area contributed by atoms with Crippen LogP contribution in [0.4, 0.5) is 0 Å². The van der Waals surface area contributed by atoms with E-state index >= 15 is 0 Å². The lowest BCUT2D eigenvalue weighted by Crippen LogP contribution is -2.56. The molecular formula is C12H22N2OS. The number of carbonyl (C=O) groups is 1. The monoisotopic (exact) mass is 242 g/mol. The second-order valence-corrected chi connectivity index (χ2v) is 7.47. The van der Waals surface area contributed by atoms with Crippen LogP contribution in [0.15, 0.2) is 0 Å². The molecule has 0 aromatic rings. The van der Waals surface area contributed by atoms with Crippen LogP contribution < -0.4 is 5.73 Å². The number of rotatable bonds is 2. The highest BCUT2D eigenvalue weighted by Gasteiger charge is 2.46. The minimum absolute atomic E-state index is 0.196. The normalized spacial score (nSPS) is 27.3. The van der Waals surface area contributed by atoms with E-state index in [9.17, 15) is 4.79 Å². The van der Waals surface area contributed by atoms with Crippen molar-refractivity contribution in [2.45, 2.75) is 37.9 Å². The van der Waals surface area contributed by atoms with Crippen LogP contribution in [-0.4, -0.2) is 40.9 Å². The SMILES string of the molecule is CC1(C)CN(C(=O)C2(CN)CCC2)CCS1. The topological polar surface area (TPSA) is 46.3 Å². The third kappa shape index (κ3) is 2.09. The Morgan fingerprint density at radius 1 is 1.44 bits per heavy atom. The minimum atomic E-state index is -0.196. The van der Waals surface area contributed by atoms with Gasteiger partial charge in [0, 0.05) is 30.1 Å². The predicted octanol–water partition coefficient (Wildman–Crippen LogP) is 1.47. The number of nitrogens with two attached hydrogens (primary N) is 1. The van der Waals surface area contributed by atoms with E-state index in [0.717, 1.165) is 38.1 Å². The van der Waals surface area contributed by atoms with Crippen molar-refractivity contribution in [3.8, 4) is 0 Å². The van der Waals surface area contributed by atoms with Crippen molar-refractivity contribution in [1.29, 1.82) is 0 Å². The molecule has 4 heteroatoms. The average Bonchev–Trinajstić information content (AvgIpc) is 2.15. The third-order valence-electron chi connectivity index (χ3n) is 3.87. The zero-order chi connectivity index (χ0) is 11.8. The van der Waals surface area contributed by atoms with E-state index in [2.05, 4.69) is 13.8 Å². The van der Waals surface area contributed by atoms with Crippen LogP contribution in [0.25, 0.3) is 0 Å². The summed E-state index contributed by atoms with van der Waals surface area (Å²) in [7, 11) is 0. The van der Waals surface area contributed by atoms with E-state index < -0.39 is 0 Å². The van der Waals surface area contributed by atoms with Gasteiger partial charge >= 0.3 is 0 Å². The summed E-state index contributed by atoms with van der Waals surface area (Å²) in [6, 6.07) is 0. The Hall–Kier alpha value is -0.220. The Bertz CT molecular complexity index is 281. The van der Waals surface area contributed by atoms with Crippen LogP contribution >= 0.6 is 11.8 Å². The van der Waals surface area contributed by atoms with Crippen molar-refractivity contribution in [1.82, 2.24) is 4.90 Å². The highest BCUT2D eigenvalue weighted by atomic mass is 32.2. The minimum Gasteiger partial charge on any atom is -0.340 e. The fourth-order valence-electron chi connectivity index (χ4n) is 2.63. The highest BCUT2D eigenvalue weighted by molar-refractivity contribution is 8.00. The van der Waals surface area contributed by atoms with E-state index in [1.54, 1.807) is 0 Å². The molecule has 0 aromatic heterocycles. The van der Waals surface area contributed by atoms with Gasteiger partial charge in [0.05, 0.1) is 5.41 Å². The van der Waals surface area contributed by atoms with Crippen LogP contribution in [0.2, 0.25) is 0 Å². The zero-order valence-corrected chi connectivity index (χ0v) is 11.1. The summed E-state index contributed by atoms with van der Waals surface area (Å²) in [5, 5.41) is 0. The summed E-state index contributed by atoms with van der Waals surface area (Å²) in [4.78, 5) is 14.5. The van der Waals surface area contributed by atoms with E-state index in [1.165, 1.54) is 0 Å². The van der Waals surface area contributed by atoms with E-state index in [4.69, 9.17) is 5.73 Å². The molecule has 2 fully saturated rings. The number of hydrogen-bond donors (Lipinski definition) is 1. The lowest BCUT2D eigenvalue weighted by Gasteiger charge is -2.46. The molecule has 0 spiro atoms. The summed E-state index contributed by atoms with van der Waals surface area (Å²) in [6.45, 7) is 6.73. The van der Waals surface area contributed by atoms with Crippen molar-refractivity contribution in [2.24, 2.45) is 11.1 Å². The fourth-order valence-corrected chi connectivity index (χ4v) is 3.75. The van der Waals surface area contributed by atoms with Crippen molar-refractivity contribution in [2.75, 3.05) is 25.4 Å². The molecule has 2 N–H and O–H groups in total. The first-order valence-electron chi connectivity index (χ1n) is 6.13. The molecule has 1 aliphatic heterocycles. The van der Waals surface area contributed by atoms with Gasteiger partial charge in [0.25, 0.3) is 0 Å². The Morgan fingerprint density at radius 3 is 2.56 bits per heavy atom. The van der Waals surface area contributed by atoms with Crippen LogP contribution in [0.3, 0.4) is 0 Å². The smallest absolute Gasteiger partial charge is 0.230 e. The standard InChI is InChI=1S/C12H22N2OS/c1-11(2)9-14(6-7-16-11)10(15)12(8-13)4-3-5-12/h3-9,13H2,1-2H3. The average molecular weight is 242 g/mol. The largest absolute Gasteiger partial charge is 0.340 e. The number of hydrogen-bond acceptors (Lipinski definition) is 3. The molecule has 2 rings (SSSR count). The predicted molar refractivity (Wildman–Crippen MR) is 68.5 cm³/mol. The molecule has 1 amide bonds. The maximum Gasteiger partial charge on any atom is 0.230 e. The first-order chi connectivity index (χ1) is 7.49. The third-order valence-corrected chi connectivity index (χ3v) is 5.17. The van der Waals surface area contributed by atoms with Crippen molar-refractivity contribution in [3.63, 3.8) is 0 Å². The van der Waals surface area contributed by atoms with Gasteiger partial charge in [-0.1, -0.05) is 6.42 Å². The zero-order valence-electron chi connectivity index (χ0n) is 10.3. The van der Waals surface area contributed by atoms with E-state index in [1.807, 2.05) is 16.7 Å². The van der Waals surface area contributed by atoms with Crippen LogP contribution in [0.5, 0.6) is 0 Å². The van der Waals surface area contributed by atoms with Crippen LogP contribution in [-0.2, 0) is 4.79 Å². The molecule has 3 nitrogen and oxygen atoms in total. The van der Waals surface area contributed by atoms with Gasteiger partial charge in [-0.3, -0.25) is 4.79 Å². The van der Waals surface area contributed by atoms with Crippen LogP contribution in [0, 0.1) is 5.41 Å².